The Hall–Kier alpha value is -2.15. The summed E-state index contributed by atoms with van der Waals surface area (Å²) in [5, 5.41) is 14.6. The zero-order valence-electron chi connectivity index (χ0n) is 13.3. The smallest absolute Gasteiger partial charge is 0.337 e. The SMILES string of the molecule is Cc1ccc(C(=O)NC(=S)Nc2c(Cl)cc(Cl)cc2C(=O)O)cc1C. The highest BCUT2D eigenvalue weighted by Gasteiger charge is 2.17. The minimum atomic E-state index is -1.23. The number of nitrogens with one attached hydrogen (secondary N) is 2. The maximum absolute atomic E-state index is 12.3. The summed E-state index contributed by atoms with van der Waals surface area (Å²) in [4.78, 5) is 23.6. The Bertz CT molecular complexity index is 884. The number of benzene rings is 2. The first-order valence-corrected chi connectivity index (χ1v) is 8.27. The lowest BCUT2D eigenvalue weighted by molar-refractivity contribution is 0.0697. The van der Waals surface area contributed by atoms with Crippen LogP contribution in [0.15, 0.2) is 30.3 Å². The van der Waals surface area contributed by atoms with Crippen molar-refractivity contribution in [1.29, 1.82) is 0 Å². The minimum absolute atomic E-state index is 0.0592. The molecule has 0 spiro atoms. The summed E-state index contributed by atoms with van der Waals surface area (Å²) in [6.07, 6.45) is 0. The number of anilines is 1. The summed E-state index contributed by atoms with van der Waals surface area (Å²) in [6, 6.07) is 7.88. The van der Waals surface area contributed by atoms with E-state index >= 15 is 0 Å². The Morgan fingerprint density at radius 2 is 1.76 bits per heavy atom. The molecule has 5 nitrogen and oxygen atoms in total. The second-order valence-electron chi connectivity index (χ2n) is 5.32. The summed E-state index contributed by atoms with van der Waals surface area (Å²) in [5.74, 6) is -1.64. The average molecular weight is 397 g/mol. The Labute approximate surface area is 159 Å². The van der Waals surface area contributed by atoms with Crippen LogP contribution in [-0.2, 0) is 0 Å². The van der Waals surface area contributed by atoms with Crippen molar-refractivity contribution >= 4 is 58.1 Å². The third-order valence-electron chi connectivity index (χ3n) is 3.52. The van der Waals surface area contributed by atoms with E-state index in [9.17, 15) is 14.7 Å². The maximum atomic E-state index is 12.3. The summed E-state index contributed by atoms with van der Waals surface area (Å²) >= 11 is 16.9. The molecule has 0 saturated carbocycles. The first kappa shape index (κ1) is 19.2. The van der Waals surface area contributed by atoms with E-state index in [0.29, 0.717) is 5.56 Å². The van der Waals surface area contributed by atoms with Gasteiger partial charge in [-0.05, 0) is 61.5 Å². The fraction of sp³-hybridized carbons (Fsp3) is 0.118. The molecule has 0 aliphatic rings. The van der Waals surface area contributed by atoms with Crippen LogP contribution in [0.4, 0.5) is 5.69 Å². The van der Waals surface area contributed by atoms with Gasteiger partial charge >= 0.3 is 5.97 Å². The van der Waals surface area contributed by atoms with Gasteiger partial charge < -0.3 is 10.4 Å². The molecular formula is C17H14Cl2N2O3S. The molecule has 2 rings (SSSR count). The predicted molar refractivity (Wildman–Crippen MR) is 103 cm³/mol. The van der Waals surface area contributed by atoms with E-state index in [0.717, 1.165) is 11.1 Å². The van der Waals surface area contributed by atoms with Gasteiger partial charge in [0.2, 0.25) is 0 Å². The molecule has 2 aromatic carbocycles. The number of carboxylic acid groups (broad SMARTS) is 1. The van der Waals surface area contributed by atoms with Crippen LogP contribution in [0, 0.1) is 13.8 Å². The number of carboxylic acids is 1. The van der Waals surface area contributed by atoms with Gasteiger partial charge in [0.25, 0.3) is 5.91 Å². The molecular weight excluding hydrogens is 383 g/mol. The molecule has 0 saturated heterocycles. The molecule has 0 bridgehead atoms. The monoisotopic (exact) mass is 396 g/mol. The van der Waals surface area contributed by atoms with Gasteiger partial charge in [-0.2, -0.15) is 0 Å². The summed E-state index contributed by atoms with van der Waals surface area (Å²) in [6.45, 7) is 3.84. The molecule has 3 N–H and O–H groups in total. The molecule has 0 atom stereocenters. The van der Waals surface area contributed by atoms with Crippen LogP contribution in [0.1, 0.15) is 31.8 Å². The molecule has 2 aromatic rings. The van der Waals surface area contributed by atoms with E-state index in [4.69, 9.17) is 35.4 Å². The van der Waals surface area contributed by atoms with Gasteiger partial charge in [0, 0.05) is 10.6 Å². The Morgan fingerprint density at radius 1 is 1.08 bits per heavy atom. The first-order chi connectivity index (χ1) is 11.7. The lowest BCUT2D eigenvalue weighted by Gasteiger charge is -2.14. The van der Waals surface area contributed by atoms with Crippen LogP contribution in [0.5, 0.6) is 0 Å². The fourth-order valence-electron chi connectivity index (χ4n) is 2.07. The van der Waals surface area contributed by atoms with Crippen molar-refractivity contribution in [2.24, 2.45) is 0 Å². The molecule has 0 aliphatic carbocycles. The molecule has 0 radical (unpaired) electrons. The zero-order valence-corrected chi connectivity index (χ0v) is 15.6. The molecule has 0 heterocycles. The number of aryl methyl sites for hydroxylation is 2. The number of halogens is 2. The Kier molecular flexibility index (Phi) is 6.00. The van der Waals surface area contributed by atoms with Crippen LogP contribution >= 0.6 is 35.4 Å². The number of hydrogen-bond donors (Lipinski definition) is 3. The molecule has 1 amide bonds. The van der Waals surface area contributed by atoms with Crippen molar-refractivity contribution in [3.05, 3.63) is 62.6 Å². The molecule has 0 aromatic heterocycles. The summed E-state index contributed by atoms with van der Waals surface area (Å²) in [7, 11) is 0. The second-order valence-corrected chi connectivity index (χ2v) is 6.57. The molecule has 25 heavy (non-hydrogen) atoms. The van der Waals surface area contributed by atoms with Gasteiger partial charge in [-0.1, -0.05) is 29.3 Å². The predicted octanol–water partition coefficient (Wildman–Crippen LogP) is 4.44. The van der Waals surface area contributed by atoms with Gasteiger partial charge in [-0.25, -0.2) is 4.79 Å². The quantitative estimate of drug-likeness (QED) is 0.668. The minimum Gasteiger partial charge on any atom is -0.478 e. The topological polar surface area (TPSA) is 78.4 Å². The molecule has 130 valence electrons. The van der Waals surface area contributed by atoms with E-state index in [1.165, 1.54) is 12.1 Å². The Morgan fingerprint density at radius 3 is 2.36 bits per heavy atom. The molecule has 8 heteroatoms. The lowest BCUT2D eigenvalue weighted by atomic mass is 10.1. The van der Waals surface area contributed by atoms with Crippen LogP contribution in [-0.4, -0.2) is 22.1 Å². The first-order valence-electron chi connectivity index (χ1n) is 7.11. The molecule has 0 unspecified atom stereocenters. The third kappa shape index (κ3) is 4.69. The Balaban J connectivity index is 2.19. The lowest BCUT2D eigenvalue weighted by Crippen LogP contribution is -2.34. The van der Waals surface area contributed by atoms with Gasteiger partial charge in [-0.3, -0.25) is 10.1 Å². The normalized spacial score (nSPS) is 10.2. The van der Waals surface area contributed by atoms with E-state index in [1.807, 2.05) is 19.9 Å². The molecule has 0 fully saturated rings. The number of thiocarbonyl (C=S) groups is 1. The van der Waals surface area contributed by atoms with Crippen LogP contribution in [0.25, 0.3) is 0 Å². The number of rotatable bonds is 3. The van der Waals surface area contributed by atoms with Gasteiger partial charge in [0.15, 0.2) is 5.11 Å². The summed E-state index contributed by atoms with van der Waals surface area (Å²) < 4.78 is 0. The highest BCUT2D eigenvalue weighted by molar-refractivity contribution is 7.80. The van der Waals surface area contributed by atoms with Crippen molar-refractivity contribution in [3.8, 4) is 0 Å². The van der Waals surface area contributed by atoms with Crippen molar-refractivity contribution < 1.29 is 14.7 Å². The molecule has 0 aliphatic heterocycles. The third-order valence-corrected chi connectivity index (χ3v) is 4.24. The average Bonchev–Trinajstić information content (AvgIpc) is 2.52. The van der Waals surface area contributed by atoms with Crippen LogP contribution in [0.3, 0.4) is 0 Å². The van der Waals surface area contributed by atoms with Crippen molar-refractivity contribution in [1.82, 2.24) is 5.32 Å². The van der Waals surface area contributed by atoms with Crippen molar-refractivity contribution in [2.45, 2.75) is 13.8 Å². The van der Waals surface area contributed by atoms with Crippen LogP contribution < -0.4 is 10.6 Å². The highest BCUT2D eigenvalue weighted by Crippen LogP contribution is 2.30. The van der Waals surface area contributed by atoms with Gasteiger partial charge in [0.05, 0.1) is 16.3 Å². The number of carbonyl (C=O) groups excluding carboxylic acids is 1. The number of carbonyl (C=O) groups is 2. The fourth-order valence-corrected chi connectivity index (χ4v) is 2.81. The van der Waals surface area contributed by atoms with Crippen LogP contribution in [0.2, 0.25) is 10.0 Å². The van der Waals surface area contributed by atoms with E-state index < -0.39 is 11.9 Å². The van der Waals surface area contributed by atoms with Crippen molar-refractivity contribution in [3.63, 3.8) is 0 Å². The van der Waals surface area contributed by atoms with E-state index in [2.05, 4.69) is 10.6 Å². The van der Waals surface area contributed by atoms with Gasteiger partial charge in [-0.15, -0.1) is 0 Å². The number of hydrogen-bond acceptors (Lipinski definition) is 3. The van der Waals surface area contributed by atoms with Gasteiger partial charge in [0.1, 0.15) is 0 Å². The second kappa shape index (κ2) is 7.82. The number of amides is 1. The largest absolute Gasteiger partial charge is 0.478 e. The standard InChI is InChI=1S/C17H14Cl2N2O3S/c1-8-3-4-10(5-9(8)2)15(22)21-17(25)20-14-12(16(23)24)6-11(18)7-13(14)19/h3-7H,1-2H3,(H,23,24)(H2,20,21,22,25). The maximum Gasteiger partial charge on any atom is 0.337 e. The van der Waals surface area contributed by atoms with E-state index in [-0.39, 0.29) is 26.4 Å². The van der Waals surface area contributed by atoms with Crippen molar-refractivity contribution in [2.75, 3.05) is 5.32 Å². The number of aromatic carboxylic acids is 1. The highest BCUT2D eigenvalue weighted by atomic mass is 35.5. The summed E-state index contributed by atoms with van der Waals surface area (Å²) in [5.41, 5.74) is 2.38. The zero-order chi connectivity index (χ0) is 18.7. The van der Waals surface area contributed by atoms with E-state index in [1.54, 1.807) is 12.1 Å².